The fourth-order valence-electron chi connectivity index (χ4n) is 3.27. The second-order valence-electron chi connectivity index (χ2n) is 5.48. The van der Waals surface area contributed by atoms with Crippen LogP contribution in [-0.4, -0.2) is 37.6 Å². The molecular formula is C13H26N2. The van der Waals surface area contributed by atoms with Crippen molar-refractivity contribution in [1.82, 2.24) is 10.2 Å². The quantitative estimate of drug-likeness (QED) is 0.716. The Morgan fingerprint density at radius 1 is 1.07 bits per heavy atom. The molecule has 88 valence electrons. The van der Waals surface area contributed by atoms with Crippen molar-refractivity contribution in [2.75, 3.05) is 32.7 Å². The molecule has 2 aliphatic rings. The highest BCUT2D eigenvalue weighted by molar-refractivity contribution is 4.95. The van der Waals surface area contributed by atoms with Crippen LogP contribution in [0.2, 0.25) is 0 Å². The summed E-state index contributed by atoms with van der Waals surface area (Å²) in [6, 6.07) is 0. The van der Waals surface area contributed by atoms with E-state index >= 15 is 0 Å². The molecule has 2 heteroatoms. The van der Waals surface area contributed by atoms with Crippen molar-refractivity contribution in [3.63, 3.8) is 0 Å². The molecule has 0 radical (unpaired) electrons. The first kappa shape index (κ1) is 11.4. The lowest BCUT2D eigenvalue weighted by Crippen LogP contribution is -2.57. The predicted octanol–water partition coefficient (Wildman–Crippen LogP) is 2.25. The first-order valence-electron chi connectivity index (χ1n) is 6.78. The molecular weight excluding hydrogens is 184 g/mol. The summed E-state index contributed by atoms with van der Waals surface area (Å²) in [7, 11) is 0. The fraction of sp³-hybridized carbons (Fsp3) is 1.00. The van der Waals surface area contributed by atoms with Gasteiger partial charge in [-0.3, -0.25) is 0 Å². The normalized spacial score (nSPS) is 26.2. The minimum atomic E-state index is 0.753. The average Bonchev–Trinajstić information content (AvgIpc) is 2.42. The maximum Gasteiger partial charge on any atom is 0.0107 e. The third-order valence-corrected chi connectivity index (χ3v) is 4.14. The molecule has 1 aliphatic heterocycles. The Morgan fingerprint density at radius 3 is 2.33 bits per heavy atom. The number of nitrogens with one attached hydrogen (secondary N) is 1. The largest absolute Gasteiger partial charge is 0.316 e. The lowest BCUT2D eigenvalue weighted by molar-refractivity contribution is -0.0103. The van der Waals surface area contributed by atoms with Crippen molar-refractivity contribution in [3.8, 4) is 0 Å². The maximum absolute atomic E-state index is 3.41. The van der Waals surface area contributed by atoms with E-state index in [0.717, 1.165) is 12.0 Å². The van der Waals surface area contributed by atoms with E-state index in [1.54, 1.807) is 0 Å². The SMILES string of the molecule is CCNCCN1CC2(CCCCCC2)C1. The molecule has 0 amide bonds. The van der Waals surface area contributed by atoms with Crippen LogP contribution in [0.4, 0.5) is 0 Å². The first-order valence-corrected chi connectivity index (χ1v) is 6.78. The van der Waals surface area contributed by atoms with Gasteiger partial charge >= 0.3 is 0 Å². The van der Waals surface area contributed by atoms with Gasteiger partial charge in [0.1, 0.15) is 0 Å². The van der Waals surface area contributed by atoms with Gasteiger partial charge < -0.3 is 10.2 Å². The van der Waals surface area contributed by atoms with Crippen molar-refractivity contribution in [1.29, 1.82) is 0 Å². The average molecular weight is 210 g/mol. The molecule has 0 bridgehead atoms. The van der Waals surface area contributed by atoms with Gasteiger partial charge in [-0.05, 0) is 24.8 Å². The van der Waals surface area contributed by atoms with E-state index in [1.165, 1.54) is 64.7 Å². The molecule has 2 rings (SSSR count). The highest BCUT2D eigenvalue weighted by Crippen LogP contribution is 2.42. The van der Waals surface area contributed by atoms with Gasteiger partial charge in [-0.15, -0.1) is 0 Å². The first-order chi connectivity index (χ1) is 7.35. The standard InChI is InChI=1S/C13H26N2/c1-2-14-9-10-15-11-13(12-15)7-5-3-4-6-8-13/h14H,2-12H2,1H3. The van der Waals surface area contributed by atoms with Crippen LogP contribution in [0.1, 0.15) is 45.4 Å². The zero-order chi connectivity index (χ0) is 10.6. The molecule has 1 heterocycles. The Balaban J connectivity index is 1.66. The lowest BCUT2D eigenvalue weighted by Gasteiger charge is -2.50. The Kier molecular flexibility index (Phi) is 4.04. The summed E-state index contributed by atoms with van der Waals surface area (Å²) in [5.41, 5.74) is 0.753. The Morgan fingerprint density at radius 2 is 1.73 bits per heavy atom. The second-order valence-corrected chi connectivity index (χ2v) is 5.48. The second kappa shape index (κ2) is 5.31. The number of rotatable bonds is 4. The van der Waals surface area contributed by atoms with E-state index in [-0.39, 0.29) is 0 Å². The van der Waals surface area contributed by atoms with Crippen LogP contribution in [0.5, 0.6) is 0 Å². The van der Waals surface area contributed by atoms with Gasteiger partial charge in [0.2, 0.25) is 0 Å². The highest BCUT2D eigenvalue weighted by Gasteiger charge is 2.41. The minimum absolute atomic E-state index is 0.753. The third-order valence-electron chi connectivity index (χ3n) is 4.14. The molecule has 1 N–H and O–H groups in total. The third kappa shape index (κ3) is 2.94. The van der Waals surface area contributed by atoms with Crippen LogP contribution >= 0.6 is 0 Å². The van der Waals surface area contributed by atoms with Gasteiger partial charge in [0.25, 0.3) is 0 Å². The van der Waals surface area contributed by atoms with Crippen LogP contribution in [0.25, 0.3) is 0 Å². The summed E-state index contributed by atoms with van der Waals surface area (Å²) in [4.78, 5) is 2.63. The van der Waals surface area contributed by atoms with Crippen LogP contribution in [0, 0.1) is 5.41 Å². The number of likely N-dealkylation sites (N-methyl/N-ethyl adjacent to an activating group) is 1. The molecule has 1 aliphatic carbocycles. The van der Waals surface area contributed by atoms with E-state index < -0.39 is 0 Å². The van der Waals surface area contributed by atoms with Gasteiger partial charge in [-0.25, -0.2) is 0 Å². The van der Waals surface area contributed by atoms with E-state index in [0.29, 0.717) is 0 Å². The van der Waals surface area contributed by atoms with Gasteiger partial charge in [-0.2, -0.15) is 0 Å². The summed E-state index contributed by atoms with van der Waals surface area (Å²) >= 11 is 0. The summed E-state index contributed by atoms with van der Waals surface area (Å²) < 4.78 is 0. The zero-order valence-electron chi connectivity index (χ0n) is 10.2. The topological polar surface area (TPSA) is 15.3 Å². The van der Waals surface area contributed by atoms with E-state index in [9.17, 15) is 0 Å². The van der Waals surface area contributed by atoms with Crippen LogP contribution < -0.4 is 5.32 Å². The van der Waals surface area contributed by atoms with Gasteiger partial charge in [0.05, 0.1) is 0 Å². The fourth-order valence-corrected chi connectivity index (χ4v) is 3.27. The zero-order valence-corrected chi connectivity index (χ0v) is 10.2. The molecule has 0 aromatic rings. The van der Waals surface area contributed by atoms with Crippen molar-refractivity contribution in [2.45, 2.75) is 45.4 Å². The number of hydrogen-bond donors (Lipinski definition) is 1. The minimum Gasteiger partial charge on any atom is -0.316 e. The molecule has 2 fully saturated rings. The molecule has 0 unspecified atom stereocenters. The van der Waals surface area contributed by atoms with E-state index in [2.05, 4.69) is 17.1 Å². The van der Waals surface area contributed by atoms with Gasteiger partial charge in [0.15, 0.2) is 0 Å². The summed E-state index contributed by atoms with van der Waals surface area (Å²) in [5, 5.41) is 3.41. The molecule has 2 nitrogen and oxygen atoms in total. The molecule has 0 aromatic carbocycles. The van der Waals surface area contributed by atoms with Crippen LogP contribution in [-0.2, 0) is 0 Å². The Hall–Kier alpha value is -0.0800. The predicted molar refractivity (Wildman–Crippen MR) is 65.1 cm³/mol. The van der Waals surface area contributed by atoms with Crippen LogP contribution in [0.15, 0.2) is 0 Å². The van der Waals surface area contributed by atoms with E-state index in [1.807, 2.05) is 0 Å². The van der Waals surface area contributed by atoms with Gasteiger partial charge in [-0.1, -0.05) is 32.6 Å². The lowest BCUT2D eigenvalue weighted by atomic mass is 9.73. The number of likely N-dealkylation sites (tertiary alicyclic amines) is 1. The van der Waals surface area contributed by atoms with Crippen molar-refractivity contribution >= 4 is 0 Å². The van der Waals surface area contributed by atoms with Crippen molar-refractivity contribution in [3.05, 3.63) is 0 Å². The molecule has 1 saturated carbocycles. The number of nitrogens with zero attached hydrogens (tertiary/aromatic N) is 1. The van der Waals surface area contributed by atoms with Crippen LogP contribution in [0.3, 0.4) is 0 Å². The molecule has 15 heavy (non-hydrogen) atoms. The van der Waals surface area contributed by atoms with Crippen molar-refractivity contribution in [2.24, 2.45) is 5.41 Å². The van der Waals surface area contributed by atoms with E-state index in [4.69, 9.17) is 0 Å². The summed E-state index contributed by atoms with van der Waals surface area (Å²) in [6.07, 6.45) is 8.95. The summed E-state index contributed by atoms with van der Waals surface area (Å²) in [6.45, 7) is 8.50. The monoisotopic (exact) mass is 210 g/mol. The molecule has 0 atom stereocenters. The summed E-state index contributed by atoms with van der Waals surface area (Å²) in [5.74, 6) is 0. The smallest absolute Gasteiger partial charge is 0.0107 e. The van der Waals surface area contributed by atoms with Crippen molar-refractivity contribution < 1.29 is 0 Å². The molecule has 0 aromatic heterocycles. The Bertz CT molecular complexity index is 175. The molecule has 1 saturated heterocycles. The maximum atomic E-state index is 3.41. The highest BCUT2D eigenvalue weighted by atomic mass is 15.2. The molecule has 1 spiro atoms. The number of hydrogen-bond acceptors (Lipinski definition) is 2. The van der Waals surface area contributed by atoms with Gasteiger partial charge in [0, 0.05) is 26.2 Å². The Labute approximate surface area is 94.4 Å².